The van der Waals surface area contributed by atoms with Gasteiger partial charge in [-0.25, -0.2) is 13.2 Å². The van der Waals surface area contributed by atoms with Crippen molar-refractivity contribution in [3.63, 3.8) is 0 Å². The molecule has 0 saturated heterocycles. The maximum atomic E-state index is 13.6. The molecule has 0 aromatic heterocycles. The topological polar surface area (TPSA) is 41.6 Å². The number of hydrogen-bond acceptors (Lipinski definition) is 3. The number of ether oxygens (including phenoxy) is 1. The molecule has 0 aliphatic carbocycles. The molecule has 0 spiro atoms. The van der Waals surface area contributed by atoms with Crippen LogP contribution >= 0.6 is 0 Å². The number of rotatable bonds is 7. The van der Waals surface area contributed by atoms with Crippen molar-refractivity contribution in [1.82, 2.24) is 4.90 Å². The standard InChI is InChI=1S/C18H19F3N2O2/c1-12(18(24)22-17-15(20)4-3-5-16(17)21)23(2)10-11-25-14-8-6-13(19)7-9-14/h3-9,12H,10-11H2,1-2H3,(H,22,24). The van der Waals surface area contributed by atoms with Crippen LogP contribution in [0.2, 0.25) is 0 Å². The Hall–Kier alpha value is -2.54. The van der Waals surface area contributed by atoms with Gasteiger partial charge in [0.2, 0.25) is 5.91 Å². The van der Waals surface area contributed by atoms with Gasteiger partial charge in [0.25, 0.3) is 0 Å². The van der Waals surface area contributed by atoms with Crippen molar-refractivity contribution in [1.29, 1.82) is 0 Å². The van der Waals surface area contributed by atoms with E-state index in [0.717, 1.165) is 12.1 Å². The lowest BCUT2D eigenvalue weighted by Gasteiger charge is -2.24. The third-order valence-corrected chi connectivity index (χ3v) is 3.78. The summed E-state index contributed by atoms with van der Waals surface area (Å²) in [5, 5.41) is 2.26. The predicted octanol–water partition coefficient (Wildman–Crippen LogP) is 3.44. The smallest absolute Gasteiger partial charge is 0.241 e. The molecule has 1 amide bonds. The van der Waals surface area contributed by atoms with Crippen molar-refractivity contribution in [3.05, 3.63) is 59.9 Å². The average Bonchev–Trinajstić information content (AvgIpc) is 2.59. The summed E-state index contributed by atoms with van der Waals surface area (Å²) in [7, 11) is 1.69. The van der Waals surface area contributed by atoms with Crippen LogP contribution in [0.25, 0.3) is 0 Å². The summed E-state index contributed by atoms with van der Waals surface area (Å²) in [4.78, 5) is 13.8. The van der Waals surface area contributed by atoms with Crippen LogP contribution in [-0.2, 0) is 4.79 Å². The Balaban J connectivity index is 1.85. The molecule has 0 fully saturated rings. The van der Waals surface area contributed by atoms with E-state index in [0.29, 0.717) is 12.3 Å². The zero-order valence-corrected chi connectivity index (χ0v) is 13.9. The minimum Gasteiger partial charge on any atom is -0.492 e. The number of carbonyl (C=O) groups excluding carboxylic acids is 1. The number of nitrogens with zero attached hydrogens (tertiary/aromatic N) is 1. The van der Waals surface area contributed by atoms with Crippen LogP contribution in [0, 0.1) is 17.5 Å². The van der Waals surface area contributed by atoms with Gasteiger partial charge >= 0.3 is 0 Å². The Morgan fingerprint density at radius 3 is 2.32 bits per heavy atom. The zero-order valence-electron chi connectivity index (χ0n) is 13.9. The molecule has 0 heterocycles. The highest BCUT2D eigenvalue weighted by Gasteiger charge is 2.20. The van der Waals surface area contributed by atoms with E-state index in [2.05, 4.69) is 5.32 Å². The maximum absolute atomic E-state index is 13.6. The molecule has 25 heavy (non-hydrogen) atoms. The van der Waals surface area contributed by atoms with E-state index in [1.54, 1.807) is 18.9 Å². The Bertz CT molecular complexity index is 703. The van der Waals surface area contributed by atoms with E-state index >= 15 is 0 Å². The summed E-state index contributed by atoms with van der Waals surface area (Å²) in [5.74, 6) is -2.03. The van der Waals surface area contributed by atoms with Gasteiger partial charge in [0.15, 0.2) is 0 Å². The largest absolute Gasteiger partial charge is 0.492 e. The Labute approximate surface area is 144 Å². The van der Waals surface area contributed by atoms with Crippen molar-refractivity contribution in [2.75, 3.05) is 25.5 Å². The number of likely N-dealkylation sites (N-methyl/N-ethyl adjacent to an activating group) is 1. The van der Waals surface area contributed by atoms with Gasteiger partial charge in [-0.2, -0.15) is 0 Å². The van der Waals surface area contributed by atoms with Crippen LogP contribution in [0.4, 0.5) is 18.9 Å². The number of anilines is 1. The van der Waals surface area contributed by atoms with Crippen LogP contribution in [0.1, 0.15) is 6.92 Å². The number of halogens is 3. The first-order valence-electron chi connectivity index (χ1n) is 7.72. The van der Waals surface area contributed by atoms with Gasteiger partial charge in [0.05, 0.1) is 6.04 Å². The van der Waals surface area contributed by atoms with Crippen molar-refractivity contribution in [2.24, 2.45) is 0 Å². The molecule has 0 aliphatic rings. The molecule has 0 bridgehead atoms. The fourth-order valence-electron chi connectivity index (χ4n) is 2.08. The molecular formula is C18H19F3N2O2. The van der Waals surface area contributed by atoms with E-state index in [1.807, 2.05) is 0 Å². The van der Waals surface area contributed by atoms with Crippen molar-refractivity contribution in [2.45, 2.75) is 13.0 Å². The van der Waals surface area contributed by atoms with Gasteiger partial charge in [-0.15, -0.1) is 0 Å². The lowest BCUT2D eigenvalue weighted by atomic mass is 10.2. The molecule has 1 atom stereocenters. The van der Waals surface area contributed by atoms with Crippen molar-refractivity contribution in [3.8, 4) is 5.75 Å². The Kier molecular flexibility index (Phi) is 6.41. The van der Waals surface area contributed by atoms with Gasteiger partial charge in [-0.1, -0.05) is 6.07 Å². The lowest BCUT2D eigenvalue weighted by molar-refractivity contribution is -0.120. The van der Waals surface area contributed by atoms with E-state index in [9.17, 15) is 18.0 Å². The van der Waals surface area contributed by atoms with E-state index in [-0.39, 0.29) is 12.4 Å². The molecule has 1 unspecified atom stereocenters. The predicted molar refractivity (Wildman–Crippen MR) is 89.0 cm³/mol. The van der Waals surface area contributed by atoms with Gasteiger partial charge in [0, 0.05) is 6.54 Å². The van der Waals surface area contributed by atoms with Crippen LogP contribution in [0.15, 0.2) is 42.5 Å². The molecule has 0 aliphatic heterocycles. The van der Waals surface area contributed by atoms with Gasteiger partial charge < -0.3 is 10.1 Å². The van der Waals surface area contributed by atoms with Crippen LogP contribution in [0.3, 0.4) is 0 Å². The fraction of sp³-hybridized carbons (Fsp3) is 0.278. The highest BCUT2D eigenvalue weighted by Crippen LogP contribution is 2.18. The second kappa shape index (κ2) is 8.53. The molecule has 0 radical (unpaired) electrons. The SMILES string of the molecule is CC(C(=O)Nc1c(F)cccc1F)N(C)CCOc1ccc(F)cc1. The quantitative estimate of drug-likeness (QED) is 0.830. The number of nitrogens with one attached hydrogen (secondary N) is 1. The van der Waals surface area contributed by atoms with E-state index in [4.69, 9.17) is 4.74 Å². The molecule has 4 nitrogen and oxygen atoms in total. The minimum absolute atomic E-state index is 0.272. The van der Waals surface area contributed by atoms with E-state index < -0.39 is 29.3 Å². The Morgan fingerprint density at radius 1 is 1.12 bits per heavy atom. The summed E-state index contributed by atoms with van der Waals surface area (Å²) in [6.07, 6.45) is 0. The monoisotopic (exact) mass is 352 g/mol. The number of para-hydroxylation sites is 1. The van der Waals surface area contributed by atoms with Crippen molar-refractivity contribution < 1.29 is 22.7 Å². The summed E-state index contributed by atoms with van der Waals surface area (Å²) >= 11 is 0. The highest BCUT2D eigenvalue weighted by atomic mass is 19.1. The van der Waals surface area contributed by atoms with Crippen LogP contribution in [0.5, 0.6) is 5.75 Å². The van der Waals surface area contributed by atoms with Gasteiger partial charge in [-0.05, 0) is 50.4 Å². The van der Waals surface area contributed by atoms with Crippen molar-refractivity contribution >= 4 is 11.6 Å². The lowest BCUT2D eigenvalue weighted by Crippen LogP contribution is -2.41. The first-order chi connectivity index (χ1) is 11.9. The minimum atomic E-state index is -0.831. The van der Waals surface area contributed by atoms with Crippen LogP contribution in [-0.4, -0.2) is 37.0 Å². The fourth-order valence-corrected chi connectivity index (χ4v) is 2.08. The summed E-state index contributed by atoms with van der Waals surface area (Å²) in [5.41, 5.74) is -0.463. The summed E-state index contributed by atoms with van der Waals surface area (Å²) in [6, 6.07) is 8.33. The van der Waals surface area contributed by atoms with Gasteiger partial charge in [0.1, 0.15) is 35.5 Å². The average molecular weight is 352 g/mol. The maximum Gasteiger partial charge on any atom is 0.241 e. The second-order valence-corrected chi connectivity index (χ2v) is 5.54. The summed E-state index contributed by atoms with van der Waals surface area (Å²) < 4.78 is 45.4. The number of hydrogen-bond donors (Lipinski definition) is 1. The first kappa shape index (κ1) is 18.8. The molecule has 1 N–H and O–H groups in total. The molecule has 134 valence electrons. The molecule has 2 rings (SSSR count). The molecule has 0 saturated carbocycles. The molecule has 2 aromatic rings. The highest BCUT2D eigenvalue weighted by molar-refractivity contribution is 5.94. The number of benzene rings is 2. The van der Waals surface area contributed by atoms with Crippen LogP contribution < -0.4 is 10.1 Å². The second-order valence-electron chi connectivity index (χ2n) is 5.54. The van der Waals surface area contributed by atoms with Gasteiger partial charge in [-0.3, -0.25) is 9.69 Å². The number of carbonyl (C=O) groups is 1. The normalized spacial score (nSPS) is 12.1. The molecule has 7 heteroatoms. The first-order valence-corrected chi connectivity index (χ1v) is 7.72. The number of amides is 1. The third kappa shape index (κ3) is 5.22. The van der Waals surface area contributed by atoms with E-state index in [1.165, 1.54) is 30.3 Å². The third-order valence-electron chi connectivity index (χ3n) is 3.78. The molecule has 2 aromatic carbocycles. The summed E-state index contributed by atoms with van der Waals surface area (Å²) in [6.45, 7) is 2.28. The zero-order chi connectivity index (χ0) is 18.4. The Morgan fingerprint density at radius 2 is 1.72 bits per heavy atom. The molecular weight excluding hydrogens is 333 g/mol.